The van der Waals surface area contributed by atoms with Crippen molar-refractivity contribution >= 4 is 29.2 Å². The Morgan fingerprint density at radius 2 is 1.86 bits per heavy atom. The Kier molecular flexibility index (Phi) is 9.55. The van der Waals surface area contributed by atoms with Gasteiger partial charge in [0.25, 0.3) is 5.91 Å². The number of hydrogen-bond donors (Lipinski definition) is 3. The number of nitrogens with zero attached hydrogens (tertiary/aromatic N) is 5. The van der Waals surface area contributed by atoms with Gasteiger partial charge >= 0.3 is 0 Å². The van der Waals surface area contributed by atoms with Gasteiger partial charge in [-0.2, -0.15) is 0 Å². The summed E-state index contributed by atoms with van der Waals surface area (Å²) in [6, 6.07) is 13.5. The molecule has 2 aromatic carbocycles. The van der Waals surface area contributed by atoms with Crippen LogP contribution in [0.1, 0.15) is 40.1 Å². The third kappa shape index (κ3) is 7.58. The maximum absolute atomic E-state index is 13.4. The molecule has 1 aliphatic heterocycles. The van der Waals surface area contributed by atoms with E-state index in [1.54, 1.807) is 21.0 Å². The van der Waals surface area contributed by atoms with Gasteiger partial charge in [0.1, 0.15) is 11.5 Å². The summed E-state index contributed by atoms with van der Waals surface area (Å²) in [6.07, 6.45) is 1.90. The maximum Gasteiger partial charge on any atom is 0.258 e. The lowest BCUT2D eigenvalue weighted by molar-refractivity contribution is 0.0630. The first-order chi connectivity index (χ1) is 21.1. The number of amides is 1. The first-order valence-electron chi connectivity index (χ1n) is 14.5. The topological polar surface area (TPSA) is 142 Å². The molecule has 0 atom stereocenters. The number of methoxy groups -OCH3 is 1. The molecule has 0 bridgehead atoms. The molecule has 3 N–H and O–H groups in total. The van der Waals surface area contributed by atoms with E-state index in [1.165, 1.54) is 36.5 Å². The predicted molar refractivity (Wildman–Crippen MR) is 165 cm³/mol. The van der Waals surface area contributed by atoms with Crippen LogP contribution < -0.4 is 10.1 Å². The Bertz CT molecular complexity index is 1620. The number of piperazine rings is 1. The van der Waals surface area contributed by atoms with Crippen molar-refractivity contribution in [2.75, 3.05) is 51.8 Å². The Hall–Kier alpha value is -4.36. The quantitative estimate of drug-likeness (QED) is 0.206. The number of fused-ring (bicyclic) bond motifs is 1. The third-order valence-electron chi connectivity index (χ3n) is 7.44. The molecule has 1 fully saturated rings. The lowest BCUT2D eigenvalue weighted by Gasteiger charge is -2.34. The third-order valence-corrected chi connectivity index (χ3v) is 7.44. The molecule has 0 spiro atoms. The van der Waals surface area contributed by atoms with Gasteiger partial charge in [-0.1, -0.05) is 12.1 Å². The van der Waals surface area contributed by atoms with E-state index in [1.807, 2.05) is 16.7 Å². The number of ether oxygens (including phenoxy) is 2. The van der Waals surface area contributed by atoms with Crippen molar-refractivity contribution in [2.45, 2.75) is 32.5 Å². The number of aromatic nitrogens is 3. The zero-order chi connectivity index (χ0) is 31.3. The number of anilines is 1. The molecular weight excluding hydrogens is 564 g/mol. The minimum atomic E-state index is -1.07. The van der Waals surface area contributed by atoms with Crippen molar-refractivity contribution in [2.24, 2.45) is 0 Å². The number of aldehydes is 1. The van der Waals surface area contributed by atoms with E-state index in [2.05, 4.69) is 31.2 Å². The number of benzene rings is 2. The fraction of sp³-hybridized carbons (Fsp3) is 0.375. The number of nitrogens with one attached hydrogen (secondary N) is 1. The van der Waals surface area contributed by atoms with E-state index < -0.39 is 11.5 Å². The second kappa shape index (κ2) is 13.5. The zero-order valence-electron chi connectivity index (χ0n) is 25.2. The van der Waals surface area contributed by atoms with E-state index in [0.717, 1.165) is 57.0 Å². The lowest BCUT2D eigenvalue weighted by atomic mass is 10.1. The summed E-state index contributed by atoms with van der Waals surface area (Å²) in [5.41, 5.74) is 1.78. The first kappa shape index (κ1) is 31.1. The molecule has 0 saturated carbocycles. The van der Waals surface area contributed by atoms with Crippen LogP contribution in [0.2, 0.25) is 0 Å². The monoisotopic (exact) mass is 602 g/mol. The van der Waals surface area contributed by atoms with Crippen LogP contribution in [0.4, 0.5) is 5.95 Å². The number of phenolic OH excluding ortho intramolecular Hbond substituents is 1. The number of pyridine rings is 1. The minimum Gasteiger partial charge on any atom is -0.507 e. The van der Waals surface area contributed by atoms with Crippen molar-refractivity contribution in [3.05, 3.63) is 71.4 Å². The van der Waals surface area contributed by atoms with Crippen LogP contribution in [0.5, 0.6) is 17.4 Å². The maximum atomic E-state index is 13.4. The molecule has 12 nitrogen and oxygen atoms in total. The summed E-state index contributed by atoms with van der Waals surface area (Å²) < 4.78 is 12.7. The summed E-state index contributed by atoms with van der Waals surface area (Å²) in [6.45, 7) is 9.99. The van der Waals surface area contributed by atoms with Crippen LogP contribution in [0, 0.1) is 0 Å². The van der Waals surface area contributed by atoms with Gasteiger partial charge < -0.3 is 24.3 Å². The summed E-state index contributed by atoms with van der Waals surface area (Å²) in [7, 11) is 1.72. The summed E-state index contributed by atoms with van der Waals surface area (Å²) in [5, 5.41) is 23.6. The summed E-state index contributed by atoms with van der Waals surface area (Å²) in [4.78, 5) is 38.5. The number of aromatic hydroxyl groups is 1. The highest BCUT2D eigenvalue weighted by Gasteiger charge is 2.23. The Morgan fingerprint density at radius 3 is 2.59 bits per heavy atom. The standard InChI is InChI=1S/C32H38N6O6/c1-32(2,42)21-38-26-17-22(19-37-13-11-36(12-14-37)15-16-43-3)7-8-25(26)34-31(38)35-30(41)23-9-10-33-29(18-23)44-28-6-4-5-27(40)24(28)20-39/h4-10,17-18,20,40,42H,11-16,19,21H2,1-3H3,(H,34,35,41). The van der Waals surface area contributed by atoms with Gasteiger partial charge in [0.05, 0.1) is 35.3 Å². The number of aliphatic hydroxyl groups is 1. The van der Waals surface area contributed by atoms with Crippen LogP contribution in [-0.2, 0) is 17.8 Å². The molecule has 5 rings (SSSR count). The fourth-order valence-electron chi connectivity index (χ4n) is 5.19. The molecule has 1 saturated heterocycles. The van der Waals surface area contributed by atoms with Crippen LogP contribution in [-0.4, -0.2) is 98.8 Å². The van der Waals surface area contributed by atoms with Gasteiger partial charge in [-0.15, -0.1) is 0 Å². The molecule has 44 heavy (non-hydrogen) atoms. The highest BCUT2D eigenvalue weighted by atomic mass is 16.5. The number of rotatable bonds is 12. The normalized spacial score (nSPS) is 14.5. The van der Waals surface area contributed by atoms with Gasteiger partial charge in [-0.25, -0.2) is 9.97 Å². The van der Waals surface area contributed by atoms with E-state index in [9.17, 15) is 19.8 Å². The van der Waals surface area contributed by atoms with Crippen molar-refractivity contribution < 1.29 is 29.3 Å². The summed E-state index contributed by atoms with van der Waals surface area (Å²) >= 11 is 0. The Morgan fingerprint density at radius 1 is 1.09 bits per heavy atom. The van der Waals surface area contributed by atoms with E-state index >= 15 is 0 Å². The number of hydrogen-bond acceptors (Lipinski definition) is 10. The smallest absolute Gasteiger partial charge is 0.258 e. The molecular formula is C32H38N6O6. The van der Waals surface area contributed by atoms with Crippen LogP contribution >= 0.6 is 0 Å². The summed E-state index contributed by atoms with van der Waals surface area (Å²) in [5.74, 6) is -0.198. The van der Waals surface area contributed by atoms with Crippen molar-refractivity contribution in [1.29, 1.82) is 0 Å². The predicted octanol–water partition coefficient (Wildman–Crippen LogP) is 3.53. The van der Waals surface area contributed by atoms with Gasteiger partial charge in [0, 0.05) is 64.2 Å². The van der Waals surface area contributed by atoms with E-state index in [4.69, 9.17) is 9.47 Å². The average molecular weight is 603 g/mol. The van der Waals surface area contributed by atoms with Crippen molar-refractivity contribution in [3.63, 3.8) is 0 Å². The number of carbonyl (C=O) groups excluding carboxylic acids is 2. The Labute approximate surface area is 255 Å². The van der Waals surface area contributed by atoms with E-state index in [0.29, 0.717) is 17.8 Å². The molecule has 4 aromatic rings. The molecule has 0 radical (unpaired) electrons. The highest BCUT2D eigenvalue weighted by Crippen LogP contribution is 2.30. The van der Waals surface area contributed by atoms with Crippen LogP contribution in [0.25, 0.3) is 11.0 Å². The lowest BCUT2D eigenvalue weighted by Crippen LogP contribution is -2.46. The first-order valence-corrected chi connectivity index (χ1v) is 14.5. The molecule has 1 amide bonds. The minimum absolute atomic E-state index is 0.0202. The second-order valence-corrected chi connectivity index (χ2v) is 11.5. The Balaban J connectivity index is 1.35. The van der Waals surface area contributed by atoms with Gasteiger partial charge in [0.15, 0.2) is 6.29 Å². The van der Waals surface area contributed by atoms with Gasteiger partial charge in [0.2, 0.25) is 11.8 Å². The van der Waals surface area contributed by atoms with E-state index in [-0.39, 0.29) is 35.1 Å². The zero-order valence-corrected chi connectivity index (χ0v) is 25.2. The molecule has 12 heteroatoms. The molecule has 3 heterocycles. The van der Waals surface area contributed by atoms with Crippen molar-refractivity contribution in [3.8, 4) is 17.4 Å². The number of imidazole rings is 1. The number of phenols is 1. The fourth-order valence-corrected chi connectivity index (χ4v) is 5.19. The average Bonchev–Trinajstić information content (AvgIpc) is 3.31. The van der Waals surface area contributed by atoms with Gasteiger partial charge in [-0.05, 0) is 49.7 Å². The SMILES string of the molecule is COCCN1CCN(Cc2ccc3nc(NC(=O)c4ccnc(Oc5cccc(O)c5C=O)c4)n(CC(C)(C)O)c3c2)CC1. The molecule has 232 valence electrons. The number of carbonyl (C=O) groups is 2. The largest absolute Gasteiger partial charge is 0.507 e. The van der Waals surface area contributed by atoms with Crippen molar-refractivity contribution in [1.82, 2.24) is 24.3 Å². The highest BCUT2D eigenvalue weighted by molar-refractivity contribution is 6.04. The molecule has 0 unspecified atom stereocenters. The van der Waals surface area contributed by atoms with Gasteiger partial charge in [-0.3, -0.25) is 24.7 Å². The van der Waals surface area contributed by atoms with Crippen LogP contribution in [0.3, 0.4) is 0 Å². The molecule has 0 aliphatic carbocycles. The molecule has 2 aromatic heterocycles. The molecule has 1 aliphatic rings. The second-order valence-electron chi connectivity index (χ2n) is 11.5. The van der Waals surface area contributed by atoms with Crippen LogP contribution in [0.15, 0.2) is 54.7 Å².